The van der Waals surface area contributed by atoms with Gasteiger partial charge in [-0.25, -0.2) is 0 Å². The molecule has 0 aliphatic heterocycles. The van der Waals surface area contributed by atoms with E-state index in [9.17, 15) is 0 Å². The van der Waals surface area contributed by atoms with E-state index in [4.69, 9.17) is 0 Å². The molecule has 0 saturated heterocycles. The number of fused-ring (bicyclic) bond motifs is 9. The van der Waals surface area contributed by atoms with E-state index in [0.29, 0.717) is 0 Å². The van der Waals surface area contributed by atoms with Crippen molar-refractivity contribution < 1.29 is 0 Å². The Kier molecular flexibility index (Phi) is 7.10. The van der Waals surface area contributed by atoms with Crippen molar-refractivity contribution in [2.24, 2.45) is 7.05 Å². The summed E-state index contributed by atoms with van der Waals surface area (Å²) >= 11 is 1.91. The molecule has 0 unspecified atom stereocenters. The number of hydrogen-bond donors (Lipinski definition) is 0. The average molecular weight is 552 g/mol. The standard InChI is InChI=1S/C39H37NS/c1-3-4-5-6-7-8-11-27-14-16-28(17-15-27)18-19-29-20-21-30-32-22-25-35-33(38(32)40(2)36(30)26-29)23-24-34-31-12-9-10-13-37(31)41-39(34)35/h9-10,12-26H,3-8,11H2,1-2H3/b19-18+. The van der Waals surface area contributed by atoms with E-state index in [1.54, 1.807) is 0 Å². The van der Waals surface area contributed by atoms with E-state index in [0.717, 1.165) is 0 Å². The van der Waals surface area contributed by atoms with Crippen LogP contribution in [0.1, 0.15) is 62.1 Å². The quantitative estimate of drug-likeness (QED) is 0.124. The number of nitrogens with zero attached hydrogens (tertiary/aromatic N) is 1. The smallest absolute Gasteiger partial charge is 0.0568 e. The lowest BCUT2D eigenvalue weighted by atomic mass is 10.0. The first-order chi connectivity index (χ1) is 20.2. The van der Waals surface area contributed by atoms with Gasteiger partial charge in [-0.1, -0.05) is 130 Å². The zero-order valence-corrected chi connectivity index (χ0v) is 24.9. The zero-order valence-electron chi connectivity index (χ0n) is 24.1. The van der Waals surface area contributed by atoms with Crippen LogP contribution in [0.5, 0.6) is 0 Å². The van der Waals surface area contributed by atoms with Crippen molar-refractivity contribution in [3.8, 4) is 0 Å². The fourth-order valence-corrected chi connectivity index (χ4v) is 7.76. The minimum atomic E-state index is 1.19. The summed E-state index contributed by atoms with van der Waals surface area (Å²) in [6, 6.07) is 34.1. The second-order valence-electron chi connectivity index (χ2n) is 11.5. The molecule has 7 aromatic rings. The maximum Gasteiger partial charge on any atom is 0.0568 e. The van der Waals surface area contributed by atoms with Crippen LogP contribution in [0.3, 0.4) is 0 Å². The highest BCUT2D eigenvalue weighted by Gasteiger charge is 2.15. The molecule has 0 aliphatic rings. The number of benzene rings is 5. The molecule has 0 bridgehead atoms. The van der Waals surface area contributed by atoms with Gasteiger partial charge >= 0.3 is 0 Å². The van der Waals surface area contributed by atoms with Crippen molar-refractivity contribution in [1.82, 2.24) is 4.57 Å². The number of aromatic nitrogens is 1. The molecule has 0 aliphatic carbocycles. The van der Waals surface area contributed by atoms with Crippen molar-refractivity contribution in [3.05, 3.63) is 108 Å². The normalized spacial score (nSPS) is 12.2. The summed E-state index contributed by atoms with van der Waals surface area (Å²) in [5, 5.41) is 8.04. The maximum absolute atomic E-state index is 2.39. The lowest BCUT2D eigenvalue weighted by Gasteiger charge is -2.05. The van der Waals surface area contributed by atoms with Gasteiger partial charge in [0, 0.05) is 54.3 Å². The molecule has 204 valence electrons. The third-order valence-corrected chi connectivity index (χ3v) is 10.0. The molecule has 7 rings (SSSR count). The van der Waals surface area contributed by atoms with Gasteiger partial charge in [-0.15, -0.1) is 11.3 Å². The molecule has 2 heteroatoms. The van der Waals surface area contributed by atoms with Crippen molar-refractivity contribution in [3.63, 3.8) is 0 Å². The van der Waals surface area contributed by atoms with Crippen LogP contribution >= 0.6 is 11.3 Å². The van der Waals surface area contributed by atoms with Gasteiger partial charge in [0.25, 0.3) is 0 Å². The number of hydrogen-bond acceptors (Lipinski definition) is 1. The maximum atomic E-state index is 2.39. The van der Waals surface area contributed by atoms with E-state index in [1.165, 1.54) is 114 Å². The minimum Gasteiger partial charge on any atom is -0.343 e. The SMILES string of the molecule is CCCCCCCCc1ccc(/C=C/c2ccc3c4ccc5c(ccc6c7ccccc7sc65)c4n(C)c3c2)cc1. The van der Waals surface area contributed by atoms with Crippen molar-refractivity contribution >= 4 is 76.2 Å². The van der Waals surface area contributed by atoms with Crippen LogP contribution in [0.2, 0.25) is 0 Å². The number of aryl methyl sites for hydroxylation is 2. The molecule has 0 saturated carbocycles. The fourth-order valence-electron chi connectivity index (χ4n) is 6.53. The second-order valence-corrected chi connectivity index (χ2v) is 12.6. The molecule has 2 aromatic heterocycles. The lowest BCUT2D eigenvalue weighted by molar-refractivity contribution is 0.607. The van der Waals surface area contributed by atoms with Crippen LogP contribution in [-0.4, -0.2) is 4.57 Å². The average Bonchev–Trinajstić information content (AvgIpc) is 3.53. The monoisotopic (exact) mass is 551 g/mol. The van der Waals surface area contributed by atoms with Crippen LogP contribution in [0.15, 0.2) is 91.0 Å². The number of unbranched alkanes of at least 4 members (excludes halogenated alkanes) is 5. The second kappa shape index (κ2) is 11.2. The Morgan fingerprint density at radius 1 is 0.610 bits per heavy atom. The summed E-state index contributed by atoms with van der Waals surface area (Å²) in [7, 11) is 2.22. The van der Waals surface area contributed by atoms with E-state index >= 15 is 0 Å². The Labute approximate surface area is 246 Å². The molecule has 0 fully saturated rings. The van der Waals surface area contributed by atoms with E-state index < -0.39 is 0 Å². The van der Waals surface area contributed by atoms with Gasteiger partial charge in [-0.05, 0) is 41.7 Å². The molecular formula is C39H37NS. The summed E-state index contributed by atoms with van der Waals surface area (Å²) in [6.07, 6.45) is 13.8. The number of thiophene rings is 1. The predicted molar refractivity (Wildman–Crippen MR) is 183 cm³/mol. The van der Waals surface area contributed by atoms with Gasteiger partial charge in [-0.2, -0.15) is 0 Å². The molecule has 0 atom stereocenters. The Morgan fingerprint density at radius 2 is 1.24 bits per heavy atom. The Hall–Kier alpha value is -3.88. The van der Waals surface area contributed by atoms with Gasteiger partial charge in [0.1, 0.15) is 0 Å². The fraction of sp³-hybridized carbons (Fsp3) is 0.231. The largest absolute Gasteiger partial charge is 0.343 e. The van der Waals surface area contributed by atoms with Crippen molar-refractivity contribution in [2.75, 3.05) is 0 Å². The van der Waals surface area contributed by atoms with Gasteiger partial charge in [-0.3, -0.25) is 0 Å². The first-order valence-corrected chi connectivity index (χ1v) is 16.0. The summed E-state index contributed by atoms with van der Waals surface area (Å²) < 4.78 is 5.13. The number of rotatable bonds is 9. The van der Waals surface area contributed by atoms with E-state index in [2.05, 4.69) is 122 Å². The van der Waals surface area contributed by atoms with E-state index in [1.807, 2.05) is 11.3 Å². The molecule has 0 spiro atoms. The zero-order chi connectivity index (χ0) is 27.8. The first-order valence-electron chi connectivity index (χ1n) is 15.2. The Balaban J connectivity index is 1.16. The molecule has 1 nitrogen and oxygen atoms in total. The molecule has 41 heavy (non-hydrogen) atoms. The minimum absolute atomic E-state index is 1.19. The summed E-state index contributed by atoms with van der Waals surface area (Å²) in [4.78, 5) is 0. The molecule has 0 amide bonds. The summed E-state index contributed by atoms with van der Waals surface area (Å²) in [6.45, 7) is 2.28. The van der Waals surface area contributed by atoms with Crippen LogP contribution < -0.4 is 0 Å². The highest BCUT2D eigenvalue weighted by molar-refractivity contribution is 7.26. The molecular weight excluding hydrogens is 515 g/mol. The highest BCUT2D eigenvalue weighted by Crippen LogP contribution is 2.42. The van der Waals surface area contributed by atoms with Gasteiger partial charge in [0.2, 0.25) is 0 Å². The Morgan fingerprint density at radius 3 is 2.07 bits per heavy atom. The lowest BCUT2D eigenvalue weighted by Crippen LogP contribution is -1.88. The van der Waals surface area contributed by atoms with Gasteiger partial charge in [0.05, 0.1) is 5.52 Å². The topological polar surface area (TPSA) is 4.93 Å². The van der Waals surface area contributed by atoms with E-state index in [-0.39, 0.29) is 0 Å². The van der Waals surface area contributed by atoms with Crippen LogP contribution in [0, 0.1) is 0 Å². The van der Waals surface area contributed by atoms with Crippen LogP contribution in [-0.2, 0) is 13.5 Å². The van der Waals surface area contributed by atoms with Gasteiger partial charge < -0.3 is 4.57 Å². The predicted octanol–water partition coefficient (Wildman–Crippen LogP) is 11.9. The molecule has 0 N–H and O–H groups in total. The molecule has 5 aromatic carbocycles. The molecule has 0 radical (unpaired) electrons. The van der Waals surface area contributed by atoms with Crippen molar-refractivity contribution in [2.45, 2.75) is 51.9 Å². The third-order valence-electron chi connectivity index (χ3n) is 8.79. The van der Waals surface area contributed by atoms with Crippen LogP contribution in [0.4, 0.5) is 0 Å². The third kappa shape index (κ3) is 4.85. The van der Waals surface area contributed by atoms with Crippen molar-refractivity contribution in [1.29, 1.82) is 0 Å². The molecule has 2 heterocycles. The first kappa shape index (κ1) is 26.0. The summed E-state index contributed by atoms with van der Waals surface area (Å²) in [5.41, 5.74) is 6.54. The summed E-state index contributed by atoms with van der Waals surface area (Å²) in [5.74, 6) is 0. The highest BCUT2D eigenvalue weighted by atomic mass is 32.1. The Bertz CT molecular complexity index is 2030. The van der Waals surface area contributed by atoms with Gasteiger partial charge in [0.15, 0.2) is 0 Å². The van der Waals surface area contributed by atoms with Crippen LogP contribution in [0.25, 0.3) is 64.9 Å².